The van der Waals surface area contributed by atoms with Crippen molar-refractivity contribution in [1.29, 1.82) is 0 Å². The summed E-state index contributed by atoms with van der Waals surface area (Å²) >= 11 is 6.12. The lowest BCUT2D eigenvalue weighted by Crippen LogP contribution is -2.35. The van der Waals surface area contributed by atoms with Crippen molar-refractivity contribution >= 4 is 35.2 Å². The van der Waals surface area contributed by atoms with Gasteiger partial charge in [-0.05, 0) is 42.7 Å². The first kappa shape index (κ1) is 21.2. The number of esters is 1. The number of rotatable bonds is 7. The zero-order valence-electron chi connectivity index (χ0n) is 15.6. The molecule has 0 aliphatic carbocycles. The molecular weight excluding hydrogens is 382 g/mol. The van der Waals surface area contributed by atoms with Gasteiger partial charge in [-0.1, -0.05) is 41.9 Å². The van der Waals surface area contributed by atoms with Crippen LogP contribution in [0.3, 0.4) is 0 Å². The molecule has 0 bridgehead atoms. The molecule has 0 aliphatic heterocycles. The Morgan fingerprint density at radius 3 is 2.50 bits per heavy atom. The highest BCUT2D eigenvalue weighted by Crippen LogP contribution is 2.25. The number of aryl methyl sites for hydroxylation is 1. The zero-order chi connectivity index (χ0) is 20.7. The molecule has 3 amide bonds. The van der Waals surface area contributed by atoms with Gasteiger partial charge >= 0.3 is 12.0 Å². The summed E-state index contributed by atoms with van der Waals surface area (Å²) in [5.41, 5.74) is 8.34. The Balaban J connectivity index is 1.95. The summed E-state index contributed by atoms with van der Waals surface area (Å²) in [7, 11) is 0. The molecule has 0 saturated heterocycles. The van der Waals surface area contributed by atoms with Crippen molar-refractivity contribution in [1.82, 2.24) is 5.32 Å². The van der Waals surface area contributed by atoms with Gasteiger partial charge in [-0.15, -0.1) is 0 Å². The number of carbonyl (C=O) groups excluding carboxylic acids is 3. The SMILES string of the molecule is Cc1cccc(NC(=O)COC(=O)C[C@@H](NC(N)=O)c2ccccc2Cl)c1C. The summed E-state index contributed by atoms with van der Waals surface area (Å²) in [5.74, 6) is -1.13. The highest BCUT2D eigenvalue weighted by molar-refractivity contribution is 6.31. The molecule has 0 aromatic heterocycles. The lowest BCUT2D eigenvalue weighted by atomic mass is 10.0. The summed E-state index contributed by atoms with van der Waals surface area (Å²) in [6.45, 7) is 3.38. The number of amides is 3. The van der Waals surface area contributed by atoms with Crippen LogP contribution in [0.4, 0.5) is 10.5 Å². The molecule has 148 valence electrons. The monoisotopic (exact) mass is 403 g/mol. The predicted molar refractivity (Wildman–Crippen MR) is 107 cm³/mol. The number of benzene rings is 2. The maximum absolute atomic E-state index is 12.2. The van der Waals surface area contributed by atoms with Crippen molar-refractivity contribution < 1.29 is 19.1 Å². The van der Waals surface area contributed by atoms with E-state index in [1.807, 2.05) is 26.0 Å². The van der Waals surface area contributed by atoms with Crippen molar-refractivity contribution in [3.05, 3.63) is 64.2 Å². The zero-order valence-corrected chi connectivity index (χ0v) is 16.4. The Bertz CT molecular complexity index is 886. The van der Waals surface area contributed by atoms with Gasteiger partial charge in [0.1, 0.15) is 0 Å². The Hall–Kier alpha value is -3.06. The number of nitrogens with one attached hydrogen (secondary N) is 2. The smallest absolute Gasteiger partial charge is 0.312 e. The second-order valence-corrected chi connectivity index (χ2v) is 6.65. The first-order valence-corrected chi connectivity index (χ1v) is 8.97. The lowest BCUT2D eigenvalue weighted by Gasteiger charge is -2.18. The third kappa shape index (κ3) is 5.99. The lowest BCUT2D eigenvalue weighted by molar-refractivity contribution is -0.147. The van der Waals surface area contributed by atoms with Crippen molar-refractivity contribution in [2.45, 2.75) is 26.3 Å². The second kappa shape index (κ2) is 9.75. The molecule has 8 heteroatoms. The molecule has 4 N–H and O–H groups in total. The van der Waals surface area contributed by atoms with E-state index in [1.165, 1.54) is 0 Å². The normalized spacial score (nSPS) is 11.4. The largest absolute Gasteiger partial charge is 0.455 e. The van der Waals surface area contributed by atoms with Crippen LogP contribution in [0.2, 0.25) is 5.02 Å². The number of nitrogens with two attached hydrogens (primary N) is 1. The number of primary amides is 1. The minimum atomic E-state index is -0.801. The van der Waals surface area contributed by atoms with Gasteiger partial charge in [0.15, 0.2) is 6.61 Å². The first-order valence-electron chi connectivity index (χ1n) is 8.60. The quantitative estimate of drug-likeness (QED) is 0.616. The molecule has 2 aromatic carbocycles. The van der Waals surface area contributed by atoms with Gasteiger partial charge < -0.3 is 21.1 Å². The van der Waals surface area contributed by atoms with Crippen molar-refractivity contribution in [2.75, 3.05) is 11.9 Å². The standard InChI is InChI=1S/C20H22ClN3O4/c1-12-6-5-9-16(13(12)2)23-18(25)11-28-19(26)10-17(24-20(22)27)14-7-3-4-8-15(14)21/h3-9,17H,10-11H2,1-2H3,(H,23,25)(H3,22,24,27)/t17-/m1/s1. The van der Waals surface area contributed by atoms with E-state index in [4.69, 9.17) is 22.1 Å². The third-order valence-corrected chi connectivity index (χ3v) is 4.56. The fourth-order valence-corrected chi connectivity index (χ4v) is 2.88. The van der Waals surface area contributed by atoms with E-state index in [0.29, 0.717) is 16.3 Å². The van der Waals surface area contributed by atoms with E-state index < -0.39 is 30.6 Å². The number of hydrogen-bond donors (Lipinski definition) is 3. The highest BCUT2D eigenvalue weighted by atomic mass is 35.5. The predicted octanol–water partition coefficient (Wildman–Crippen LogP) is 3.24. The number of anilines is 1. The summed E-state index contributed by atoms with van der Waals surface area (Å²) < 4.78 is 5.03. The first-order chi connectivity index (χ1) is 13.3. The molecule has 0 aliphatic rings. The van der Waals surface area contributed by atoms with Gasteiger partial charge in [0.25, 0.3) is 5.91 Å². The number of carbonyl (C=O) groups is 3. The number of urea groups is 1. The van der Waals surface area contributed by atoms with Gasteiger partial charge in [0.05, 0.1) is 12.5 Å². The van der Waals surface area contributed by atoms with Crippen LogP contribution >= 0.6 is 11.6 Å². The Kier molecular flexibility index (Phi) is 7.40. The molecule has 0 saturated carbocycles. The summed E-state index contributed by atoms with van der Waals surface area (Å²) in [6.07, 6.45) is -0.219. The molecule has 0 spiro atoms. The van der Waals surface area contributed by atoms with Crippen LogP contribution in [-0.2, 0) is 14.3 Å². The molecule has 28 heavy (non-hydrogen) atoms. The van der Waals surface area contributed by atoms with Crippen LogP contribution in [0.25, 0.3) is 0 Å². The fraction of sp³-hybridized carbons (Fsp3) is 0.250. The average molecular weight is 404 g/mol. The highest BCUT2D eigenvalue weighted by Gasteiger charge is 2.21. The summed E-state index contributed by atoms with van der Waals surface area (Å²) in [4.78, 5) is 35.5. The summed E-state index contributed by atoms with van der Waals surface area (Å²) in [6, 6.07) is 10.7. The van der Waals surface area contributed by atoms with Gasteiger partial charge in [-0.3, -0.25) is 9.59 Å². The number of hydrogen-bond acceptors (Lipinski definition) is 4. The Morgan fingerprint density at radius 2 is 1.82 bits per heavy atom. The van der Waals surface area contributed by atoms with Crippen LogP contribution in [0, 0.1) is 13.8 Å². The van der Waals surface area contributed by atoms with Crippen LogP contribution in [-0.4, -0.2) is 24.5 Å². The van der Waals surface area contributed by atoms with E-state index in [-0.39, 0.29) is 6.42 Å². The fourth-order valence-electron chi connectivity index (χ4n) is 2.61. The van der Waals surface area contributed by atoms with Crippen LogP contribution in [0.15, 0.2) is 42.5 Å². The molecule has 0 fully saturated rings. The van der Waals surface area contributed by atoms with E-state index in [0.717, 1.165) is 11.1 Å². The van der Waals surface area contributed by atoms with E-state index in [1.54, 1.807) is 30.3 Å². The molecule has 0 unspecified atom stereocenters. The van der Waals surface area contributed by atoms with Crippen molar-refractivity contribution in [3.63, 3.8) is 0 Å². The molecule has 2 aromatic rings. The van der Waals surface area contributed by atoms with Gasteiger partial charge in [0.2, 0.25) is 0 Å². The molecule has 1 atom stereocenters. The second-order valence-electron chi connectivity index (χ2n) is 6.24. The average Bonchev–Trinajstić information content (AvgIpc) is 2.63. The Labute approximate surface area is 168 Å². The molecule has 7 nitrogen and oxygen atoms in total. The minimum absolute atomic E-state index is 0.219. The van der Waals surface area contributed by atoms with Crippen LogP contribution in [0.5, 0.6) is 0 Å². The van der Waals surface area contributed by atoms with Gasteiger partial charge in [0, 0.05) is 10.7 Å². The molecule has 0 radical (unpaired) electrons. The molecular formula is C20H22ClN3O4. The summed E-state index contributed by atoms with van der Waals surface area (Å²) in [5, 5.41) is 5.54. The molecule has 2 rings (SSSR count). The van der Waals surface area contributed by atoms with E-state index in [9.17, 15) is 14.4 Å². The van der Waals surface area contributed by atoms with Crippen molar-refractivity contribution in [2.24, 2.45) is 5.73 Å². The van der Waals surface area contributed by atoms with Crippen LogP contribution < -0.4 is 16.4 Å². The Morgan fingerprint density at radius 1 is 1.11 bits per heavy atom. The number of halogens is 1. The maximum Gasteiger partial charge on any atom is 0.312 e. The van der Waals surface area contributed by atoms with Crippen LogP contribution in [0.1, 0.15) is 29.2 Å². The van der Waals surface area contributed by atoms with E-state index in [2.05, 4.69) is 10.6 Å². The van der Waals surface area contributed by atoms with E-state index >= 15 is 0 Å². The third-order valence-electron chi connectivity index (χ3n) is 4.21. The van der Waals surface area contributed by atoms with Crippen molar-refractivity contribution in [3.8, 4) is 0 Å². The minimum Gasteiger partial charge on any atom is -0.455 e. The van der Waals surface area contributed by atoms with Gasteiger partial charge in [-0.2, -0.15) is 0 Å². The van der Waals surface area contributed by atoms with Gasteiger partial charge in [-0.25, -0.2) is 4.79 Å². The molecule has 0 heterocycles. The topological polar surface area (TPSA) is 111 Å². The number of ether oxygens (including phenoxy) is 1. The maximum atomic E-state index is 12.2.